The number of hydrogen-bond acceptors (Lipinski definition) is 2. The molecule has 1 aromatic rings. The van der Waals surface area contributed by atoms with Gasteiger partial charge in [-0.3, -0.25) is 9.59 Å². The fraction of sp³-hybridized carbons (Fsp3) is 0.467. The van der Waals surface area contributed by atoms with E-state index in [1.165, 1.54) is 0 Å². The molecule has 0 unspecified atom stereocenters. The van der Waals surface area contributed by atoms with Crippen LogP contribution in [0, 0.1) is 12.3 Å². The molecular weight excluding hydrogens is 322 g/mol. The third-order valence-electron chi connectivity index (χ3n) is 3.70. The van der Waals surface area contributed by atoms with Crippen molar-refractivity contribution in [3.05, 3.63) is 28.2 Å². The molecule has 0 heterocycles. The molecule has 4 nitrogen and oxygen atoms in total. The first-order valence-electron chi connectivity index (χ1n) is 6.64. The number of carboxylic acids is 1. The topological polar surface area (TPSA) is 66.4 Å². The van der Waals surface area contributed by atoms with E-state index in [0.29, 0.717) is 18.5 Å². The van der Waals surface area contributed by atoms with Crippen molar-refractivity contribution < 1.29 is 14.7 Å². The predicted octanol–water partition coefficient (Wildman–Crippen LogP) is 3.98. The second kappa shape index (κ2) is 6.88. The normalized spacial score (nSPS) is 11.2. The van der Waals surface area contributed by atoms with E-state index >= 15 is 0 Å². The third-order valence-corrected chi connectivity index (χ3v) is 4.39. The van der Waals surface area contributed by atoms with E-state index in [4.69, 9.17) is 0 Å². The average Bonchev–Trinajstić information content (AvgIpc) is 2.40. The van der Waals surface area contributed by atoms with Crippen molar-refractivity contribution in [1.82, 2.24) is 0 Å². The number of carbonyl (C=O) groups excluding carboxylic acids is 1. The standard InChI is InChI=1S/C15H20BrNO3/c1-4-15(5-2,14(19)20)9-13(18)17-12-8-10(3)6-7-11(12)16/h6-8H,4-5,9H2,1-3H3,(H,17,18)(H,19,20). The molecule has 0 bridgehead atoms. The Hall–Kier alpha value is -1.36. The Kier molecular flexibility index (Phi) is 5.74. The molecule has 0 saturated heterocycles. The maximum atomic E-state index is 12.1. The van der Waals surface area contributed by atoms with E-state index in [1.54, 1.807) is 13.8 Å². The predicted molar refractivity (Wildman–Crippen MR) is 82.8 cm³/mol. The highest BCUT2D eigenvalue weighted by molar-refractivity contribution is 9.10. The number of aryl methyl sites for hydroxylation is 1. The number of benzene rings is 1. The Morgan fingerprint density at radius 1 is 1.30 bits per heavy atom. The van der Waals surface area contributed by atoms with Gasteiger partial charge in [0.25, 0.3) is 0 Å². The smallest absolute Gasteiger partial charge is 0.310 e. The summed E-state index contributed by atoms with van der Waals surface area (Å²) in [4.78, 5) is 23.5. The molecule has 0 aromatic heterocycles. The van der Waals surface area contributed by atoms with Crippen molar-refractivity contribution in [2.75, 3.05) is 5.32 Å². The molecular formula is C15H20BrNO3. The second-order valence-electron chi connectivity index (χ2n) is 5.00. The van der Waals surface area contributed by atoms with Crippen molar-refractivity contribution in [2.45, 2.75) is 40.0 Å². The first kappa shape index (κ1) is 16.7. The molecule has 2 N–H and O–H groups in total. The summed E-state index contributed by atoms with van der Waals surface area (Å²) in [7, 11) is 0. The summed E-state index contributed by atoms with van der Waals surface area (Å²) in [5.74, 6) is -1.19. The van der Waals surface area contributed by atoms with Crippen molar-refractivity contribution in [3.8, 4) is 0 Å². The maximum absolute atomic E-state index is 12.1. The number of anilines is 1. The minimum Gasteiger partial charge on any atom is -0.481 e. The van der Waals surface area contributed by atoms with Gasteiger partial charge in [0.1, 0.15) is 0 Å². The lowest BCUT2D eigenvalue weighted by atomic mass is 9.79. The summed E-state index contributed by atoms with van der Waals surface area (Å²) in [6.07, 6.45) is 0.845. The molecule has 5 heteroatoms. The van der Waals surface area contributed by atoms with Crippen molar-refractivity contribution >= 4 is 33.5 Å². The van der Waals surface area contributed by atoms with Gasteiger partial charge >= 0.3 is 5.97 Å². The Morgan fingerprint density at radius 3 is 2.40 bits per heavy atom. The fourth-order valence-corrected chi connectivity index (χ4v) is 2.46. The van der Waals surface area contributed by atoms with Crippen LogP contribution in [0.5, 0.6) is 0 Å². The molecule has 0 aliphatic rings. The van der Waals surface area contributed by atoms with Gasteiger partial charge in [0.15, 0.2) is 0 Å². The molecule has 1 rings (SSSR count). The van der Waals surface area contributed by atoms with E-state index in [0.717, 1.165) is 10.0 Å². The van der Waals surface area contributed by atoms with Gasteiger partial charge in [0.2, 0.25) is 5.91 Å². The molecule has 0 aliphatic heterocycles. The summed E-state index contributed by atoms with van der Waals surface area (Å²) >= 11 is 3.37. The lowest BCUT2D eigenvalue weighted by Gasteiger charge is -2.26. The zero-order valence-corrected chi connectivity index (χ0v) is 13.6. The highest BCUT2D eigenvalue weighted by Gasteiger charge is 2.37. The first-order valence-corrected chi connectivity index (χ1v) is 7.43. The number of nitrogens with one attached hydrogen (secondary N) is 1. The Balaban J connectivity index is 2.86. The highest BCUT2D eigenvalue weighted by atomic mass is 79.9. The van der Waals surface area contributed by atoms with Gasteiger partial charge < -0.3 is 10.4 Å². The summed E-state index contributed by atoms with van der Waals surface area (Å²) in [5, 5.41) is 12.1. The van der Waals surface area contributed by atoms with Crippen LogP contribution in [0.4, 0.5) is 5.69 Å². The van der Waals surface area contributed by atoms with E-state index in [-0.39, 0.29) is 12.3 Å². The van der Waals surface area contributed by atoms with Crippen LogP contribution in [0.3, 0.4) is 0 Å². The Labute approximate surface area is 127 Å². The molecule has 0 radical (unpaired) electrons. The summed E-state index contributed by atoms with van der Waals surface area (Å²) in [5.41, 5.74) is 0.709. The lowest BCUT2D eigenvalue weighted by molar-refractivity contribution is -0.151. The zero-order valence-electron chi connectivity index (χ0n) is 12.0. The molecule has 110 valence electrons. The molecule has 0 spiro atoms. The minimum atomic E-state index is -0.986. The van der Waals surface area contributed by atoms with E-state index in [2.05, 4.69) is 21.2 Å². The SMILES string of the molecule is CCC(CC)(CC(=O)Nc1cc(C)ccc1Br)C(=O)O. The van der Waals surface area contributed by atoms with Gasteiger partial charge in [0.05, 0.1) is 11.1 Å². The largest absolute Gasteiger partial charge is 0.481 e. The molecule has 0 aliphatic carbocycles. The highest BCUT2D eigenvalue weighted by Crippen LogP contribution is 2.32. The van der Waals surface area contributed by atoms with Crippen molar-refractivity contribution in [3.63, 3.8) is 0 Å². The number of carbonyl (C=O) groups is 2. The van der Waals surface area contributed by atoms with Crippen LogP contribution in [0.2, 0.25) is 0 Å². The molecule has 0 atom stereocenters. The molecule has 1 amide bonds. The lowest BCUT2D eigenvalue weighted by Crippen LogP contribution is -2.34. The van der Waals surface area contributed by atoms with Crippen LogP contribution in [-0.4, -0.2) is 17.0 Å². The van der Waals surface area contributed by atoms with Crippen LogP contribution in [0.25, 0.3) is 0 Å². The molecule has 1 aromatic carbocycles. The first-order chi connectivity index (χ1) is 9.34. The number of rotatable bonds is 6. The van der Waals surface area contributed by atoms with Gasteiger partial charge in [-0.15, -0.1) is 0 Å². The summed E-state index contributed by atoms with van der Waals surface area (Å²) < 4.78 is 0.783. The van der Waals surface area contributed by atoms with E-state index < -0.39 is 11.4 Å². The Morgan fingerprint density at radius 2 is 1.90 bits per heavy atom. The second-order valence-corrected chi connectivity index (χ2v) is 5.86. The van der Waals surface area contributed by atoms with E-state index in [1.807, 2.05) is 25.1 Å². The van der Waals surface area contributed by atoms with E-state index in [9.17, 15) is 14.7 Å². The van der Waals surface area contributed by atoms with Crippen LogP contribution in [-0.2, 0) is 9.59 Å². The molecule has 0 fully saturated rings. The van der Waals surface area contributed by atoms with Crippen LogP contribution >= 0.6 is 15.9 Å². The van der Waals surface area contributed by atoms with Gasteiger partial charge in [0, 0.05) is 10.9 Å². The number of amides is 1. The average molecular weight is 342 g/mol. The molecule has 20 heavy (non-hydrogen) atoms. The monoisotopic (exact) mass is 341 g/mol. The van der Waals surface area contributed by atoms with Crippen LogP contribution < -0.4 is 5.32 Å². The summed E-state index contributed by atoms with van der Waals surface area (Å²) in [6, 6.07) is 5.64. The maximum Gasteiger partial charge on any atom is 0.310 e. The van der Waals surface area contributed by atoms with Crippen molar-refractivity contribution in [1.29, 1.82) is 0 Å². The molecule has 0 saturated carbocycles. The fourth-order valence-electron chi connectivity index (χ4n) is 2.11. The zero-order chi connectivity index (χ0) is 15.3. The van der Waals surface area contributed by atoms with Gasteiger partial charge in [-0.1, -0.05) is 19.9 Å². The third kappa shape index (κ3) is 3.82. The number of carboxylic acid groups (broad SMARTS) is 1. The minimum absolute atomic E-state index is 0.0181. The number of aliphatic carboxylic acids is 1. The van der Waals surface area contributed by atoms with Gasteiger partial charge in [-0.05, 0) is 53.4 Å². The quantitative estimate of drug-likeness (QED) is 0.822. The Bertz CT molecular complexity index is 510. The number of hydrogen-bond donors (Lipinski definition) is 2. The number of halogens is 1. The summed E-state index contributed by atoms with van der Waals surface area (Å²) in [6.45, 7) is 5.53. The van der Waals surface area contributed by atoms with Crippen LogP contribution in [0.15, 0.2) is 22.7 Å². The van der Waals surface area contributed by atoms with Gasteiger partial charge in [-0.25, -0.2) is 0 Å². The van der Waals surface area contributed by atoms with Crippen molar-refractivity contribution in [2.24, 2.45) is 5.41 Å². The van der Waals surface area contributed by atoms with Gasteiger partial charge in [-0.2, -0.15) is 0 Å². The van der Waals surface area contributed by atoms with Crippen LogP contribution in [0.1, 0.15) is 38.7 Å².